The summed E-state index contributed by atoms with van der Waals surface area (Å²) in [6, 6.07) is 11.9. The van der Waals surface area contributed by atoms with Gasteiger partial charge in [0.1, 0.15) is 0 Å². The third-order valence-electron chi connectivity index (χ3n) is 11.3. The molecule has 10 heteroatoms. The molecule has 3 saturated heterocycles. The van der Waals surface area contributed by atoms with Crippen LogP contribution in [-0.2, 0) is 15.8 Å². The molecule has 6 nitrogen and oxygen atoms in total. The number of anilines is 1. The maximum absolute atomic E-state index is 17.5. The second-order valence-electron chi connectivity index (χ2n) is 14.0. The van der Waals surface area contributed by atoms with Gasteiger partial charge in [0, 0.05) is 62.8 Å². The molecule has 1 amide bonds. The first-order valence-corrected chi connectivity index (χ1v) is 16.9. The molecule has 46 heavy (non-hydrogen) atoms. The maximum atomic E-state index is 17.5. The number of carboxylic acids is 1. The number of hydrogen-bond donors (Lipinski definition) is 1. The number of carbonyl (C=O) groups is 2. The molecule has 1 aliphatic carbocycles. The highest BCUT2D eigenvalue weighted by molar-refractivity contribution is 5.88. The van der Waals surface area contributed by atoms with E-state index < -0.39 is 41.1 Å². The van der Waals surface area contributed by atoms with Crippen molar-refractivity contribution in [2.24, 2.45) is 11.8 Å². The van der Waals surface area contributed by atoms with Crippen molar-refractivity contribution in [1.82, 2.24) is 9.80 Å². The molecular weight excluding hydrogens is 598 g/mol. The summed E-state index contributed by atoms with van der Waals surface area (Å²) in [5.74, 6) is -2.84. The van der Waals surface area contributed by atoms with E-state index in [4.69, 9.17) is 0 Å². The average Bonchev–Trinajstić information content (AvgIpc) is 3.80. The number of aliphatic carboxylic acids is 1. The Bertz CT molecular complexity index is 1420. The van der Waals surface area contributed by atoms with Gasteiger partial charge in [-0.1, -0.05) is 62.1 Å². The van der Waals surface area contributed by atoms with Gasteiger partial charge in [-0.15, -0.1) is 0 Å². The normalized spacial score (nSPS) is 28.3. The topological polar surface area (TPSA) is 64.1 Å². The fourth-order valence-electron chi connectivity index (χ4n) is 8.52. The Morgan fingerprint density at radius 3 is 2.24 bits per heavy atom. The first-order valence-electron chi connectivity index (χ1n) is 16.9. The van der Waals surface area contributed by atoms with E-state index in [0.717, 1.165) is 42.9 Å². The Labute approximate surface area is 268 Å². The molecule has 0 radical (unpaired) electrons. The lowest BCUT2D eigenvalue weighted by molar-refractivity contribution is -0.143. The van der Waals surface area contributed by atoms with Crippen LogP contribution in [0.2, 0.25) is 0 Å². The van der Waals surface area contributed by atoms with E-state index in [1.165, 1.54) is 12.1 Å². The minimum absolute atomic E-state index is 0.0511. The zero-order valence-corrected chi connectivity index (χ0v) is 26.7. The van der Waals surface area contributed by atoms with Gasteiger partial charge >= 0.3 is 12.1 Å². The van der Waals surface area contributed by atoms with Gasteiger partial charge < -0.3 is 14.9 Å². The molecule has 6 rings (SSSR count). The van der Waals surface area contributed by atoms with E-state index in [0.29, 0.717) is 56.7 Å². The third-order valence-corrected chi connectivity index (χ3v) is 11.3. The third kappa shape index (κ3) is 6.26. The molecule has 2 aromatic carbocycles. The van der Waals surface area contributed by atoms with Crippen LogP contribution in [0.1, 0.15) is 86.0 Å². The Balaban J connectivity index is 1.30. The quantitative estimate of drug-likeness (QED) is 0.329. The fraction of sp³-hybridized carbons (Fsp3) is 0.611. The first kappa shape index (κ1) is 32.8. The summed E-state index contributed by atoms with van der Waals surface area (Å²) in [5.41, 5.74) is 0.180. The Hall–Kier alpha value is -3.14. The van der Waals surface area contributed by atoms with Crippen LogP contribution in [0.5, 0.6) is 0 Å². The van der Waals surface area contributed by atoms with E-state index in [-0.39, 0.29) is 31.0 Å². The molecule has 250 valence electrons. The van der Waals surface area contributed by atoms with Crippen molar-refractivity contribution >= 4 is 17.6 Å². The van der Waals surface area contributed by atoms with E-state index in [2.05, 4.69) is 4.90 Å². The molecule has 4 aliphatic rings. The predicted octanol–water partition coefficient (Wildman–Crippen LogP) is 7.02. The number of carboxylic acid groups (broad SMARTS) is 1. The smallest absolute Gasteiger partial charge is 0.416 e. The van der Waals surface area contributed by atoms with Crippen LogP contribution in [0.15, 0.2) is 42.5 Å². The number of carbonyl (C=O) groups excluding carboxylic acids is 1. The molecule has 4 atom stereocenters. The lowest BCUT2D eigenvalue weighted by Crippen LogP contribution is -2.50. The van der Waals surface area contributed by atoms with Crippen molar-refractivity contribution in [3.05, 3.63) is 64.7 Å². The molecule has 3 heterocycles. The number of amides is 1. The van der Waals surface area contributed by atoms with Crippen molar-refractivity contribution < 1.29 is 32.3 Å². The van der Waals surface area contributed by atoms with Gasteiger partial charge in [0.2, 0.25) is 5.67 Å². The van der Waals surface area contributed by atoms with E-state index in [1.807, 2.05) is 43.0 Å². The molecule has 1 N–H and O–H groups in total. The lowest BCUT2D eigenvalue weighted by Gasteiger charge is -2.35. The van der Waals surface area contributed by atoms with Crippen LogP contribution in [-0.4, -0.2) is 77.8 Å². The molecule has 0 spiro atoms. The minimum Gasteiger partial charge on any atom is -0.481 e. The van der Waals surface area contributed by atoms with Gasteiger partial charge in [-0.05, 0) is 61.8 Å². The highest BCUT2D eigenvalue weighted by Gasteiger charge is 2.57. The zero-order valence-electron chi connectivity index (χ0n) is 26.7. The van der Waals surface area contributed by atoms with E-state index in [9.17, 15) is 27.9 Å². The van der Waals surface area contributed by atoms with Crippen LogP contribution in [0.25, 0.3) is 0 Å². The second-order valence-corrected chi connectivity index (χ2v) is 14.0. The van der Waals surface area contributed by atoms with Crippen molar-refractivity contribution in [3.8, 4) is 0 Å². The lowest BCUT2D eigenvalue weighted by atomic mass is 9.84. The number of likely N-dealkylation sites (tertiary alicyclic amines) is 2. The SMILES string of the molecule is CC[C@H]1CN(C(=O)[C@]2(F)CN(C3CCCC3)C[C@H]2c2ccc(C)cc2)C[C@@H]1c1ccc(C(F)(F)F)cc1N1CCC(C(=O)O)CC1. The summed E-state index contributed by atoms with van der Waals surface area (Å²) in [7, 11) is 0. The molecule has 0 bridgehead atoms. The van der Waals surface area contributed by atoms with Gasteiger partial charge in [-0.2, -0.15) is 13.2 Å². The largest absolute Gasteiger partial charge is 0.481 e. The summed E-state index contributed by atoms with van der Waals surface area (Å²) in [6.07, 6.45) is 1.08. The van der Waals surface area contributed by atoms with Crippen LogP contribution in [0.4, 0.5) is 23.2 Å². The van der Waals surface area contributed by atoms with E-state index in [1.54, 1.807) is 4.90 Å². The number of hydrogen-bond acceptors (Lipinski definition) is 4. The first-order chi connectivity index (χ1) is 21.9. The van der Waals surface area contributed by atoms with Gasteiger partial charge in [0.15, 0.2) is 0 Å². The van der Waals surface area contributed by atoms with Crippen LogP contribution < -0.4 is 4.90 Å². The Kier molecular flexibility index (Phi) is 9.13. The molecule has 1 saturated carbocycles. The van der Waals surface area contributed by atoms with Crippen LogP contribution in [0.3, 0.4) is 0 Å². The zero-order chi connectivity index (χ0) is 32.8. The molecular formula is C36H45F4N3O3. The highest BCUT2D eigenvalue weighted by atomic mass is 19.4. The predicted molar refractivity (Wildman–Crippen MR) is 169 cm³/mol. The molecule has 0 aromatic heterocycles. The van der Waals surface area contributed by atoms with Gasteiger partial charge in [-0.25, -0.2) is 4.39 Å². The minimum atomic E-state index is -4.53. The van der Waals surface area contributed by atoms with Crippen molar-refractivity contribution in [3.63, 3.8) is 0 Å². The summed E-state index contributed by atoms with van der Waals surface area (Å²) in [4.78, 5) is 31.6. The van der Waals surface area contributed by atoms with Crippen LogP contribution >= 0.6 is 0 Å². The van der Waals surface area contributed by atoms with Crippen LogP contribution in [0, 0.1) is 18.8 Å². The average molecular weight is 644 g/mol. The number of halogens is 4. The molecule has 3 aliphatic heterocycles. The standard InChI is InChI=1S/C36H45F4N3O3/c1-3-24-19-42(34(46)35(37)22-43(28-6-4-5-7-28)21-31(35)25-10-8-23(2)9-11-25)20-30(24)29-13-12-27(36(38,39)40)18-32(29)41-16-14-26(15-17-41)33(44)45/h8-13,18,24,26,28,30-31H,3-7,14-17,19-22H2,1-2H3,(H,44,45)/t24-,30-,31-,35-/m0/s1. The summed E-state index contributed by atoms with van der Waals surface area (Å²) in [5, 5.41) is 9.47. The summed E-state index contributed by atoms with van der Waals surface area (Å²) >= 11 is 0. The second kappa shape index (κ2) is 12.8. The monoisotopic (exact) mass is 643 g/mol. The highest BCUT2D eigenvalue weighted by Crippen LogP contribution is 2.47. The van der Waals surface area contributed by atoms with Crippen molar-refractivity contribution in [2.45, 2.75) is 88.5 Å². The molecule has 2 aromatic rings. The number of piperidine rings is 1. The number of nitrogens with zero attached hydrogens (tertiary/aromatic N) is 3. The fourth-order valence-corrected chi connectivity index (χ4v) is 8.52. The van der Waals surface area contributed by atoms with E-state index >= 15 is 4.39 Å². The number of benzene rings is 2. The maximum Gasteiger partial charge on any atom is 0.416 e. The van der Waals surface area contributed by atoms with Gasteiger partial charge in [0.05, 0.1) is 11.5 Å². The van der Waals surface area contributed by atoms with Gasteiger partial charge in [-0.3, -0.25) is 14.5 Å². The Morgan fingerprint density at radius 1 is 0.957 bits per heavy atom. The molecule has 4 fully saturated rings. The number of aryl methyl sites for hydroxylation is 1. The van der Waals surface area contributed by atoms with Crippen molar-refractivity contribution in [2.75, 3.05) is 44.2 Å². The van der Waals surface area contributed by atoms with Crippen molar-refractivity contribution in [1.29, 1.82) is 0 Å². The number of alkyl halides is 4. The molecule has 0 unspecified atom stereocenters. The number of rotatable bonds is 7. The summed E-state index contributed by atoms with van der Waals surface area (Å²) in [6.45, 7) is 5.77. The van der Waals surface area contributed by atoms with Gasteiger partial charge in [0.25, 0.3) is 5.91 Å². The Morgan fingerprint density at radius 2 is 1.63 bits per heavy atom. The summed E-state index contributed by atoms with van der Waals surface area (Å²) < 4.78 is 59.2.